The SMILES string of the molecule is CCNC(c1cc(C)ccc1C)c1cc(Br)c(C)cc1Br. The number of halogens is 2. The summed E-state index contributed by atoms with van der Waals surface area (Å²) >= 11 is 7.39. The lowest BCUT2D eigenvalue weighted by Gasteiger charge is -2.23. The molecule has 0 saturated heterocycles. The van der Waals surface area contributed by atoms with Crippen molar-refractivity contribution in [2.45, 2.75) is 33.7 Å². The fourth-order valence-corrected chi connectivity index (χ4v) is 3.59. The maximum atomic E-state index is 3.73. The smallest absolute Gasteiger partial charge is 0.0590 e. The number of hydrogen-bond donors (Lipinski definition) is 1. The van der Waals surface area contributed by atoms with Gasteiger partial charge in [-0.15, -0.1) is 0 Å². The molecule has 0 fully saturated rings. The molecule has 112 valence electrons. The summed E-state index contributed by atoms with van der Waals surface area (Å²) in [7, 11) is 0. The van der Waals surface area contributed by atoms with E-state index in [0.717, 1.165) is 15.5 Å². The molecule has 0 bridgehead atoms. The molecule has 0 heterocycles. The van der Waals surface area contributed by atoms with Crippen molar-refractivity contribution in [3.63, 3.8) is 0 Å². The molecule has 0 aliphatic rings. The predicted octanol–water partition coefficient (Wildman–Crippen LogP) is 5.84. The Hall–Kier alpha value is -0.640. The zero-order valence-corrected chi connectivity index (χ0v) is 16.1. The Bertz CT molecular complexity index is 650. The summed E-state index contributed by atoms with van der Waals surface area (Å²) < 4.78 is 2.30. The molecular weight excluding hydrogens is 390 g/mol. The fourth-order valence-electron chi connectivity index (χ4n) is 2.55. The highest BCUT2D eigenvalue weighted by molar-refractivity contribution is 9.11. The van der Waals surface area contributed by atoms with Crippen LogP contribution in [0.4, 0.5) is 0 Å². The molecule has 1 nitrogen and oxygen atoms in total. The van der Waals surface area contributed by atoms with Gasteiger partial charge in [-0.25, -0.2) is 0 Å². The van der Waals surface area contributed by atoms with Crippen molar-refractivity contribution in [1.29, 1.82) is 0 Å². The summed E-state index contributed by atoms with van der Waals surface area (Å²) in [4.78, 5) is 0. The minimum Gasteiger partial charge on any atom is -0.306 e. The van der Waals surface area contributed by atoms with Crippen LogP contribution in [0.15, 0.2) is 39.3 Å². The summed E-state index contributed by atoms with van der Waals surface area (Å²) in [5.41, 5.74) is 6.45. The normalized spacial score (nSPS) is 12.5. The molecule has 1 N–H and O–H groups in total. The summed E-state index contributed by atoms with van der Waals surface area (Å²) in [5, 5.41) is 3.62. The van der Waals surface area contributed by atoms with Gasteiger partial charge in [0, 0.05) is 8.95 Å². The van der Waals surface area contributed by atoms with E-state index in [9.17, 15) is 0 Å². The Kier molecular flexibility index (Phi) is 5.64. The van der Waals surface area contributed by atoms with Gasteiger partial charge in [0.05, 0.1) is 6.04 Å². The Labute approximate surface area is 144 Å². The predicted molar refractivity (Wildman–Crippen MR) is 98.0 cm³/mol. The Morgan fingerprint density at radius 1 is 0.905 bits per heavy atom. The van der Waals surface area contributed by atoms with Crippen LogP contribution in [-0.2, 0) is 0 Å². The standard InChI is InChI=1S/C18H21Br2N/c1-5-21-18(14-8-11(2)6-7-12(14)3)15-10-16(19)13(4)9-17(15)20/h6-10,18,21H,5H2,1-4H3. The third-order valence-electron chi connectivity index (χ3n) is 3.74. The maximum absolute atomic E-state index is 3.73. The Balaban J connectivity index is 2.58. The van der Waals surface area contributed by atoms with E-state index in [4.69, 9.17) is 0 Å². The van der Waals surface area contributed by atoms with E-state index in [2.05, 4.69) is 95.2 Å². The third kappa shape index (κ3) is 3.77. The number of benzene rings is 2. The number of aryl methyl sites for hydroxylation is 3. The minimum atomic E-state index is 0.196. The van der Waals surface area contributed by atoms with Gasteiger partial charge >= 0.3 is 0 Å². The van der Waals surface area contributed by atoms with Gasteiger partial charge in [0.1, 0.15) is 0 Å². The summed E-state index contributed by atoms with van der Waals surface area (Å²) in [6, 6.07) is 11.2. The van der Waals surface area contributed by atoms with Crippen molar-refractivity contribution >= 4 is 31.9 Å². The molecule has 1 atom stereocenters. The van der Waals surface area contributed by atoms with E-state index in [0.29, 0.717) is 0 Å². The van der Waals surface area contributed by atoms with E-state index in [1.807, 2.05) is 0 Å². The first kappa shape index (κ1) is 16.7. The van der Waals surface area contributed by atoms with E-state index in [1.165, 1.54) is 27.8 Å². The molecule has 2 aromatic carbocycles. The average Bonchev–Trinajstić information content (AvgIpc) is 2.43. The fraction of sp³-hybridized carbons (Fsp3) is 0.333. The van der Waals surface area contributed by atoms with Crippen LogP contribution >= 0.6 is 31.9 Å². The average molecular weight is 411 g/mol. The molecule has 2 aromatic rings. The first-order chi connectivity index (χ1) is 9.93. The molecule has 0 amide bonds. The van der Waals surface area contributed by atoms with Crippen LogP contribution in [0.25, 0.3) is 0 Å². The van der Waals surface area contributed by atoms with Crippen molar-refractivity contribution in [2.75, 3.05) is 6.54 Å². The number of nitrogens with one attached hydrogen (secondary N) is 1. The molecule has 0 aliphatic carbocycles. The van der Waals surface area contributed by atoms with Gasteiger partial charge in [-0.2, -0.15) is 0 Å². The second-order valence-electron chi connectivity index (χ2n) is 5.47. The van der Waals surface area contributed by atoms with Gasteiger partial charge in [0.2, 0.25) is 0 Å². The van der Waals surface area contributed by atoms with E-state index in [-0.39, 0.29) is 6.04 Å². The molecule has 2 rings (SSSR count). The van der Waals surface area contributed by atoms with Crippen molar-refractivity contribution in [3.05, 3.63) is 67.1 Å². The molecule has 1 unspecified atom stereocenters. The largest absolute Gasteiger partial charge is 0.306 e. The lowest BCUT2D eigenvalue weighted by Crippen LogP contribution is -2.23. The van der Waals surface area contributed by atoms with Crippen LogP contribution in [0, 0.1) is 20.8 Å². The molecule has 21 heavy (non-hydrogen) atoms. The van der Waals surface area contributed by atoms with Gasteiger partial charge in [0.25, 0.3) is 0 Å². The monoisotopic (exact) mass is 409 g/mol. The highest BCUT2D eigenvalue weighted by Gasteiger charge is 2.19. The highest BCUT2D eigenvalue weighted by atomic mass is 79.9. The molecule has 0 radical (unpaired) electrons. The van der Waals surface area contributed by atoms with Gasteiger partial charge in [-0.05, 0) is 61.7 Å². The molecule has 3 heteroatoms. The third-order valence-corrected chi connectivity index (χ3v) is 5.28. The van der Waals surface area contributed by atoms with E-state index in [1.54, 1.807) is 0 Å². The zero-order chi connectivity index (χ0) is 15.6. The van der Waals surface area contributed by atoms with Crippen LogP contribution in [0.1, 0.15) is 40.8 Å². The molecule has 0 aromatic heterocycles. The van der Waals surface area contributed by atoms with Gasteiger partial charge in [-0.3, -0.25) is 0 Å². The topological polar surface area (TPSA) is 12.0 Å². The molecule has 0 spiro atoms. The van der Waals surface area contributed by atoms with Crippen LogP contribution in [0.3, 0.4) is 0 Å². The highest BCUT2D eigenvalue weighted by Crippen LogP contribution is 2.34. The number of rotatable bonds is 4. The van der Waals surface area contributed by atoms with Crippen LogP contribution in [0.5, 0.6) is 0 Å². The summed E-state index contributed by atoms with van der Waals surface area (Å²) in [5.74, 6) is 0. The second kappa shape index (κ2) is 7.08. The summed E-state index contributed by atoms with van der Waals surface area (Å²) in [6.07, 6.45) is 0. The maximum Gasteiger partial charge on any atom is 0.0590 e. The van der Waals surface area contributed by atoms with E-state index >= 15 is 0 Å². The minimum absolute atomic E-state index is 0.196. The first-order valence-electron chi connectivity index (χ1n) is 7.20. The second-order valence-corrected chi connectivity index (χ2v) is 7.18. The van der Waals surface area contributed by atoms with Crippen LogP contribution < -0.4 is 5.32 Å². The zero-order valence-electron chi connectivity index (χ0n) is 12.9. The van der Waals surface area contributed by atoms with Gasteiger partial charge in [0.15, 0.2) is 0 Å². The lowest BCUT2D eigenvalue weighted by atomic mass is 9.93. The van der Waals surface area contributed by atoms with Gasteiger partial charge in [-0.1, -0.05) is 62.5 Å². The first-order valence-corrected chi connectivity index (χ1v) is 8.78. The van der Waals surface area contributed by atoms with Crippen LogP contribution in [-0.4, -0.2) is 6.54 Å². The Morgan fingerprint density at radius 2 is 1.62 bits per heavy atom. The summed E-state index contributed by atoms with van der Waals surface area (Å²) in [6.45, 7) is 9.51. The molecule has 0 aliphatic heterocycles. The lowest BCUT2D eigenvalue weighted by molar-refractivity contribution is 0.625. The van der Waals surface area contributed by atoms with Crippen molar-refractivity contribution in [1.82, 2.24) is 5.32 Å². The van der Waals surface area contributed by atoms with Crippen molar-refractivity contribution in [2.24, 2.45) is 0 Å². The number of hydrogen-bond acceptors (Lipinski definition) is 1. The molecular formula is C18H21Br2N. The van der Waals surface area contributed by atoms with Gasteiger partial charge < -0.3 is 5.32 Å². The Morgan fingerprint density at radius 3 is 2.29 bits per heavy atom. The van der Waals surface area contributed by atoms with E-state index < -0.39 is 0 Å². The van der Waals surface area contributed by atoms with Crippen molar-refractivity contribution in [3.8, 4) is 0 Å². The molecule has 0 saturated carbocycles. The van der Waals surface area contributed by atoms with Crippen molar-refractivity contribution < 1.29 is 0 Å². The quantitative estimate of drug-likeness (QED) is 0.667. The van der Waals surface area contributed by atoms with Crippen LogP contribution in [0.2, 0.25) is 0 Å².